The van der Waals surface area contributed by atoms with Gasteiger partial charge in [0, 0.05) is 12.1 Å². The number of fused-ring (bicyclic) bond motifs is 1. The van der Waals surface area contributed by atoms with Gasteiger partial charge in [-0.25, -0.2) is 19.5 Å². The molecule has 1 aromatic carbocycles. The zero-order valence-electron chi connectivity index (χ0n) is 22.4. The highest BCUT2D eigenvalue weighted by atomic mass is 32.2. The van der Waals surface area contributed by atoms with Gasteiger partial charge in [-0.3, -0.25) is 0 Å². The first-order valence-corrected chi connectivity index (χ1v) is 14.2. The van der Waals surface area contributed by atoms with Crippen LogP contribution in [0.5, 0.6) is 5.88 Å². The molecular weight excluding hydrogens is 508 g/mol. The summed E-state index contributed by atoms with van der Waals surface area (Å²) in [6.07, 6.45) is 4.02. The lowest BCUT2D eigenvalue weighted by atomic mass is 9.78. The summed E-state index contributed by atoms with van der Waals surface area (Å²) in [5.74, 6) is 1.24. The second kappa shape index (κ2) is 10.5. The predicted molar refractivity (Wildman–Crippen MR) is 145 cm³/mol. The minimum atomic E-state index is -3.98. The number of hydrogen-bond acceptors (Lipinski definition) is 9. The number of nitrogen functional groups attached to an aromatic ring is 1. The molecule has 38 heavy (non-hydrogen) atoms. The Morgan fingerprint density at radius 2 is 1.79 bits per heavy atom. The van der Waals surface area contributed by atoms with Crippen LogP contribution in [0.3, 0.4) is 0 Å². The standard InChI is InChI=1S/C26H36N6O5S/c1-25(2,3)37-24(33)32-38(34,35)30-14-16-6-8-17(9-7-16)18-10-12-19(13-11-18)21-26(4,5)36-23-20(31-21)22(27)28-15-29-23/h10-13,15-17,30H,6-9,14H2,1-5H3,(H,32,33)(H2,27,28,29)/t16-,17-. The minimum absolute atomic E-state index is 0.197. The number of amides is 1. The predicted octanol–water partition coefficient (Wildman–Crippen LogP) is 3.98. The molecule has 1 fully saturated rings. The third-order valence-corrected chi connectivity index (χ3v) is 7.63. The minimum Gasteiger partial charge on any atom is -0.463 e. The number of benzene rings is 1. The van der Waals surface area contributed by atoms with E-state index in [1.165, 1.54) is 11.9 Å². The molecule has 1 aliphatic heterocycles. The fourth-order valence-electron chi connectivity index (χ4n) is 4.79. The largest absolute Gasteiger partial charge is 0.463 e. The first kappa shape index (κ1) is 27.8. The van der Waals surface area contributed by atoms with Gasteiger partial charge in [0.1, 0.15) is 17.5 Å². The molecule has 206 valence electrons. The number of nitrogens with two attached hydrogens (primary N) is 1. The molecule has 2 aromatic rings. The zero-order valence-corrected chi connectivity index (χ0v) is 23.3. The van der Waals surface area contributed by atoms with Crippen molar-refractivity contribution in [2.75, 3.05) is 12.3 Å². The van der Waals surface area contributed by atoms with Crippen LogP contribution >= 0.6 is 0 Å². The molecule has 12 heteroatoms. The van der Waals surface area contributed by atoms with E-state index in [2.05, 4.69) is 26.8 Å². The van der Waals surface area contributed by atoms with E-state index >= 15 is 0 Å². The summed E-state index contributed by atoms with van der Waals surface area (Å²) in [6.45, 7) is 9.17. The number of aliphatic imine (C=N–C) groups is 1. The molecule has 1 saturated carbocycles. The van der Waals surface area contributed by atoms with Gasteiger partial charge in [0.25, 0.3) is 0 Å². The summed E-state index contributed by atoms with van der Waals surface area (Å²) in [6, 6.07) is 8.33. The molecule has 11 nitrogen and oxygen atoms in total. The van der Waals surface area contributed by atoms with E-state index < -0.39 is 27.5 Å². The first-order valence-electron chi connectivity index (χ1n) is 12.7. The quantitative estimate of drug-likeness (QED) is 0.493. The molecule has 2 heterocycles. The number of ether oxygens (including phenoxy) is 2. The number of nitrogens with zero attached hydrogens (tertiary/aromatic N) is 3. The van der Waals surface area contributed by atoms with Gasteiger partial charge in [-0.05, 0) is 77.7 Å². The maximum absolute atomic E-state index is 12.2. The number of carbonyl (C=O) groups excluding carboxylic acids is 1. The number of rotatable bonds is 6. The Balaban J connectivity index is 1.33. The van der Waals surface area contributed by atoms with Gasteiger partial charge in [0.15, 0.2) is 11.5 Å². The van der Waals surface area contributed by atoms with Crippen LogP contribution in [0.15, 0.2) is 35.6 Å². The number of anilines is 1. The molecule has 1 aliphatic carbocycles. The highest BCUT2D eigenvalue weighted by Crippen LogP contribution is 2.40. The summed E-state index contributed by atoms with van der Waals surface area (Å²) in [4.78, 5) is 24.7. The monoisotopic (exact) mass is 544 g/mol. The molecule has 4 N–H and O–H groups in total. The molecule has 2 aliphatic rings. The topological polar surface area (TPSA) is 158 Å². The van der Waals surface area contributed by atoms with Gasteiger partial charge in [-0.15, -0.1) is 0 Å². The van der Waals surface area contributed by atoms with Gasteiger partial charge in [0.2, 0.25) is 5.88 Å². The van der Waals surface area contributed by atoms with Crippen molar-refractivity contribution < 1.29 is 22.7 Å². The van der Waals surface area contributed by atoms with Crippen molar-refractivity contribution in [3.8, 4) is 5.88 Å². The number of hydrogen-bond donors (Lipinski definition) is 3. The smallest absolute Gasteiger partial charge is 0.422 e. The maximum atomic E-state index is 12.2. The molecule has 4 rings (SSSR count). The molecule has 1 amide bonds. The Hall–Kier alpha value is -3.25. The average Bonchev–Trinajstić information content (AvgIpc) is 2.81. The van der Waals surface area contributed by atoms with Crippen LogP contribution in [0.1, 0.15) is 77.3 Å². The summed E-state index contributed by atoms with van der Waals surface area (Å²) < 4.78 is 39.9. The normalized spacial score (nSPS) is 21.0. The van der Waals surface area contributed by atoms with Crippen molar-refractivity contribution in [1.82, 2.24) is 19.4 Å². The second-order valence-electron chi connectivity index (χ2n) is 11.3. The second-order valence-corrected chi connectivity index (χ2v) is 12.8. The Kier molecular flexibility index (Phi) is 7.67. The van der Waals surface area contributed by atoms with Gasteiger partial charge in [0.05, 0.1) is 5.71 Å². The van der Waals surface area contributed by atoms with Crippen molar-refractivity contribution in [3.05, 3.63) is 41.7 Å². The van der Waals surface area contributed by atoms with Crippen LogP contribution in [-0.4, -0.2) is 47.9 Å². The molecule has 0 saturated heterocycles. The highest BCUT2D eigenvalue weighted by Gasteiger charge is 2.35. The van der Waals surface area contributed by atoms with Crippen LogP contribution in [0.2, 0.25) is 0 Å². The van der Waals surface area contributed by atoms with E-state index in [4.69, 9.17) is 20.2 Å². The van der Waals surface area contributed by atoms with Crippen molar-refractivity contribution >= 4 is 33.5 Å². The fraction of sp³-hybridized carbons (Fsp3) is 0.538. The Morgan fingerprint density at radius 1 is 1.13 bits per heavy atom. The third-order valence-electron chi connectivity index (χ3n) is 6.64. The summed E-state index contributed by atoms with van der Waals surface area (Å²) >= 11 is 0. The van der Waals surface area contributed by atoms with Crippen molar-refractivity contribution in [2.24, 2.45) is 10.9 Å². The molecule has 0 bridgehead atoms. The number of aromatic nitrogens is 2. The van der Waals surface area contributed by atoms with Crippen LogP contribution in [-0.2, 0) is 14.9 Å². The van der Waals surface area contributed by atoms with Gasteiger partial charge in [-0.1, -0.05) is 24.3 Å². The number of carbonyl (C=O) groups is 1. The first-order chi connectivity index (χ1) is 17.7. The average molecular weight is 545 g/mol. The highest BCUT2D eigenvalue weighted by molar-refractivity contribution is 7.88. The van der Waals surface area contributed by atoms with Crippen molar-refractivity contribution in [3.63, 3.8) is 0 Å². The van der Waals surface area contributed by atoms with Crippen LogP contribution in [0.4, 0.5) is 16.3 Å². The van der Waals surface area contributed by atoms with Gasteiger partial charge < -0.3 is 15.2 Å². The van der Waals surface area contributed by atoms with Crippen LogP contribution in [0.25, 0.3) is 0 Å². The molecule has 0 radical (unpaired) electrons. The van der Waals surface area contributed by atoms with E-state index in [1.807, 2.05) is 30.7 Å². The van der Waals surface area contributed by atoms with E-state index in [-0.39, 0.29) is 18.3 Å². The van der Waals surface area contributed by atoms with E-state index in [9.17, 15) is 13.2 Å². The third kappa shape index (κ3) is 6.79. The molecular formula is C26H36N6O5S. The SMILES string of the molecule is CC(C)(C)OC(=O)NS(=O)(=O)NC[C@H]1CC[C@H](c2ccc(C3=Nc4c(N)ncnc4OC3(C)C)cc2)CC1. The maximum Gasteiger partial charge on any atom is 0.422 e. The molecule has 0 atom stereocenters. The molecule has 0 spiro atoms. The van der Waals surface area contributed by atoms with Gasteiger partial charge in [-0.2, -0.15) is 18.1 Å². The van der Waals surface area contributed by atoms with E-state index in [0.717, 1.165) is 37.0 Å². The lowest BCUT2D eigenvalue weighted by Gasteiger charge is -2.32. The fourth-order valence-corrected chi connectivity index (χ4v) is 5.58. The lowest BCUT2D eigenvalue weighted by molar-refractivity contribution is 0.0569. The van der Waals surface area contributed by atoms with Gasteiger partial charge >= 0.3 is 16.3 Å². The Morgan fingerprint density at radius 3 is 2.42 bits per heavy atom. The molecule has 0 unspecified atom stereocenters. The summed E-state index contributed by atoms with van der Waals surface area (Å²) in [5, 5.41) is 0. The number of nitrogens with one attached hydrogen (secondary N) is 2. The lowest BCUT2D eigenvalue weighted by Crippen LogP contribution is -2.44. The van der Waals surface area contributed by atoms with Crippen LogP contribution in [0, 0.1) is 5.92 Å². The Bertz CT molecular complexity index is 1310. The van der Waals surface area contributed by atoms with Crippen molar-refractivity contribution in [1.29, 1.82) is 0 Å². The van der Waals surface area contributed by atoms with E-state index in [1.54, 1.807) is 20.8 Å². The summed E-state index contributed by atoms with van der Waals surface area (Å²) in [7, 11) is -3.98. The molecule has 1 aromatic heterocycles. The Labute approximate surface area is 223 Å². The van der Waals surface area contributed by atoms with Crippen molar-refractivity contribution in [2.45, 2.75) is 77.4 Å². The zero-order chi connectivity index (χ0) is 27.7. The van der Waals surface area contributed by atoms with Crippen LogP contribution < -0.4 is 19.9 Å². The summed E-state index contributed by atoms with van der Waals surface area (Å²) in [5.41, 5.74) is 7.91. The van der Waals surface area contributed by atoms with E-state index in [0.29, 0.717) is 17.5 Å².